The maximum atomic E-state index is 2.41. The minimum atomic E-state index is 0.761. The highest BCUT2D eigenvalue weighted by Crippen LogP contribution is 2.15. The van der Waals surface area contributed by atoms with Crippen molar-refractivity contribution in [1.82, 2.24) is 0 Å². The summed E-state index contributed by atoms with van der Waals surface area (Å²) >= 11 is 2.41. The van der Waals surface area contributed by atoms with Crippen molar-refractivity contribution in [3.63, 3.8) is 0 Å². The molecule has 54 valence electrons. The standard InChI is InChI=1S/C8H15I/c1-4-7(3)6-8(9)5-2/h6-7H,4-5H2,1-3H3. The average Bonchev–Trinajstić information content (AvgIpc) is 1.87. The highest BCUT2D eigenvalue weighted by atomic mass is 127. The van der Waals surface area contributed by atoms with E-state index in [1.54, 1.807) is 0 Å². The molecule has 0 aromatic carbocycles. The van der Waals surface area contributed by atoms with Crippen LogP contribution in [0.1, 0.15) is 33.6 Å². The first-order valence-electron chi connectivity index (χ1n) is 3.56. The Morgan fingerprint density at radius 1 is 1.56 bits per heavy atom. The molecule has 0 spiro atoms. The maximum Gasteiger partial charge on any atom is -0.0134 e. The van der Waals surface area contributed by atoms with Gasteiger partial charge in [0.15, 0.2) is 0 Å². The molecule has 0 amide bonds. The Kier molecular flexibility index (Phi) is 5.55. The summed E-state index contributed by atoms with van der Waals surface area (Å²) in [4.78, 5) is 0. The van der Waals surface area contributed by atoms with E-state index in [0.717, 1.165) is 5.92 Å². The lowest BCUT2D eigenvalue weighted by molar-refractivity contribution is 0.695. The monoisotopic (exact) mass is 238 g/mol. The molecule has 0 aliphatic carbocycles. The number of halogens is 1. The fourth-order valence-corrected chi connectivity index (χ4v) is 1.16. The van der Waals surface area contributed by atoms with Crippen LogP contribution in [-0.4, -0.2) is 0 Å². The number of rotatable bonds is 3. The topological polar surface area (TPSA) is 0 Å². The van der Waals surface area contributed by atoms with Crippen LogP contribution in [0.2, 0.25) is 0 Å². The second kappa shape index (κ2) is 5.27. The van der Waals surface area contributed by atoms with Crippen LogP contribution in [0.3, 0.4) is 0 Å². The minimum Gasteiger partial charge on any atom is -0.0724 e. The zero-order valence-electron chi connectivity index (χ0n) is 6.45. The Morgan fingerprint density at radius 2 is 2.11 bits per heavy atom. The van der Waals surface area contributed by atoms with Gasteiger partial charge in [0, 0.05) is 0 Å². The lowest BCUT2D eigenvalue weighted by Gasteiger charge is -2.00. The van der Waals surface area contributed by atoms with Gasteiger partial charge in [-0.25, -0.2) is 0 Å². The van der Waals surface area contributed by atoms with Crippen LogP contribution in [0, 0.1) is 5.92 Å². The van der Waals surface area contributed by atoms with Gasteiger partial charge in [0.1, 0.15) is 0 Å². The Morgan fingerprint density at radius 3 is 2.44 bits per heavy atom. The van der Waals surface area contributed by atoms with E-state index < -0.39 is 0 Å². The molecule has 0 radical (unpaired) electrons. The van der Waals surface area contributed by atoms with Crippen molar-refractivity contribution >= 4 is 22.6 Å². The van der Waals surface area contributed by atoms with Crippen LogP contribution >= 0.6 is 22.6 Å². The minimum absolute atomic E-state index is 0.761. The maximum absolute atomic E-state index is 2.41. The Bertz CT molecular complexity index is 94.7. The van der Waals surface area contributed by atoms with Crippen molar-refractivity contribution in [2.75, 3.05) is 0 Å². The van der Waals surface area contributed by atoms with E-state index in [0.29, 0.717) is 0 Å². The molecule has 0 bridgehead atoms. The van der Waals surface area contributed by atoms with E-state index >= 15 is 0 Å². The summed E-state index contributed by atoms with van der Waals surface area (Å²) in [5.74, 6) is 0.761. The first kappa shape index (κ1) is 9.47. The van der Waals surface area contributed by atoms with Crippen LogP contribution in [0.5, 0.6) is 0 Å². The molecule has 1 heteroatoms. The Hall–Kier alpha value is 0.470. The van der Waals surface area contributed by atoms with Crippen molar-refractivity contribution in [2.45, 2.75) is 33.6 Å². The molecule has 0 saturated carbocycles. The predicted molar refractivity (Wildman–Crippen MR) is 51.8 cm³/mol. The summed E-state index contributed by atoms with van der Waals surface area (Å²) in [7, 11) is 0. The van der Waals surface area contributed by atoms with Crippen LogP contribution in [-0.2, 0) is 0 Å². The van der Waals surface area contributed by atoms with Crippen molar-refractivity contribution in [2.24, 2.45) is 5.92 Å². The summed E-state index contributed by atoms with van der Waals surface area (Å²) < 4.78 is 1.49. The second-order valence-corrected chi connectivity index (χ2v) is 3.74. The molecule has 0 aliphatic heterocycles. The Labute approximate surface area is 71.9 Å². The van der Waals surface area contributed by atoms with Crippen molar-refractivity contribution in [3.05, 3.63) is 9.66 Å². The average molecular weight is 238 g/mol. The van der Waals surface area contributed by atoms with Crippen LogP contribution in [0.15, 0.2) is 9.66 Å². The van der Waals surface area contributed by atoms with Crippen molar-refractivity contribution < 1.29 is 0 Å². The highest BCUT2D eigenvalue weighted by molar-refractivity contribution is 14.1. The predicted octanol–water partition coefficient (Wildman–Crippen LogP) is 3.76. The lowest BCUT2D eigenvalue weighted by Crippen LogP contribution is -1.85. The fraction of sp³-hybridized carbons (Fsp3) is 0.750. The fourth-order valence-electron chi connectivity index (χ4n) is 0.544. The van der Waals surface area contributed by atoms with Gasteiger partial charge >= 0.3 is 0 Å². The molecule has 0 fully saturated rings. The summed E-state index contributed by atoms with van der Waals surface area (Å²) in [6.07, 6.45) is 4.79. The second-order valence-electron chi connectivity index (χ2n) is 2.35. The molecular weight excluding hydrogens is 223 g/mol. The number of allylic oxidation sites excluding steroid dienone is 2. The molecule has 0 rings (SSSR count). The van der Waals surface area contributed by atoms with E-state index in [9.17, 15) is 0 Å². The summed E-state index contributed by atoms with van der Waals surface area (Å²) in [6, 6.07) is 0. The molecule has 1 unspecified atom stereocenters. The van der Waals surface area contributed by atoms with Gasteiger partial charge in [-0.1, -0.05) is 33.3 Å². The SMILES string of the molecule is CCC(I)=CC(C)CC. The summed E-state index contributed by atoms with van der Waals surface area (Å²) in [6.45, 7) is 6.68. The first-order valence-corrected chi connectivity index (χ1v) is 4.64. The van der Waals surface area contributed by atoms with Gasteiger partial charge in [-0.2, -0.15) is 0 Å². The molecule has 0 saturated heterocycles. The van der Waals surface area contributed by atoms with Crippen molar-refractivity contribution in [3.8, 4) is 0 Å². The van der Waals surface area contributed by atoms with Gasteiger partial charge in [0.25, 0.3) is 0 Å². The number of hydrogen-bond acceptors (Lipinski definition) is 0. The zero-order chi connectivity index (χ0) is 7.28. The molecule has 0 aromatic heterocycles. The van der Waals surface area contributed by atoms with E-state index in [-0.39, 0.29) is 0 Å². The molecule has 0 aliphatic rings. The summed E-state index contributed by atoms with van der Waals surface area (Å²) in [5.41, 5.74) is 0. The van der Waals surface area contributed by atoms with Crippen LogP contribution in [0.25, 0.3) is 0 Å². The Balaban J connectivity index is 3.64. The van der Waals surface area contributed by atoms with Crippen LogP contribution in [0.4, 0.5) is 0 Å². The molecule has 0 N–H and O–H groups in total. The van der Waals surface area contributed by atoms with E-state index in [1.165, 1.54) is 16.4 Å². The zero-order valence-corrected chi connectivity index (χ0v) is 8.60. The third-order valence-electron chi connectivity index (χ3n) is 1.45. The molecule has 0 heterocycles. The van der Waals surface area contributed by atoms with Gasteiger partial charge in [-0.15, -0.1) is 0 Å². The number of hydrogen-bond donors (Lipinski definition) is 0. The molecule has 0 aromatic rings. The van der Waals surface area contributed by atoms with Gasteiger partial charge in [0.2, 0.25) is 0 Å². The van der Waals surface area contributed by atoms with Crippen LogP contribution < -0.4 is 0 Å². The lowest BCUT2D eigenvalue weighted by atomic mass is 10.1. The van der Waals surface area contributed by atoms with E-state index in [2.05, 4.69) is 49.4 Å². The molecule has 1 atom stereocenters. The molecular formula is C8H15I. The molecule has 0 nitrogen and oxygen atoms in total. The van der Waals surface area contributed by atoms with Gasteiger partial charge in [0.05, 0.1) is 0 Å². The van der Waals surface area contributed by atoms with Gasteiger partial charge < -0.3 is 0 Å². The highest BCUT2D eigenvalue weighted by Gasteiger charge is 1.93. The van der Waals surface area contributed by atoms with Gasteiger partial charge in [-0.3, -0.25) is 0 Å². The third kappa shape index (κ3) is 4.94. The normalized spacial score (nSPS) is 15.8. The van der Waals surface area contributed by atoms with Gasteiger partial charge in [-0.05, 0) is 38.5 Å². The largest absolute Gasteiger partial charge is 0.0724 e. The third-order valence-corrected chi connectivity index (χ3v) is 2.57. The first-order chi connectivity index (χ1) is 4.20. The molecule has 9 heavy (non-hydrogen) atoms. The quantitative estimate of drug-likeness (QED) is 0.656. The van der Waals surface area contributed by atoms with E-state index in [4.69, 9.17) is 0 Å². The van der Waals surface area contributed by atoms with E-state index in [1.807, 2.05) is 0 Å². The van der Waals surface area contributed by atoms with Crippen molar-refractivity contribution in [1.29, 1.82) is 0 Å². The summed E-state index contributed by atoms with van der Waals surface area (Å²) in [5, 5.41) is 0. The smallest absolute Gasteiger partial charge is 0.0134 e.